The first-order chi connectivity index (χ1) is 13.3. The van der Waals surface area contributed by atoms with Crippen LogP contribution in [0.5, 0.6) is 5.75 Å². The SMILES string of the molecule is CC[C@@H](C)OC(=O)Cc1c(C)n(C(=O)c2ccc(Br)cc2)c2ccc(O)cc12. The molecule has 0 unspecified atom stereocenters. The maximum Gasteiger partial charge on any atom is 0.310 e. The molecule has 6 heteroatoms. The van der Waals surface area contributed by atoms with Crippen molar-refractivity contribution < 1.29 is 19.4 Å². The highest BCUT2D eigenvalue weighted by Gasteiger charge is 2.22. The van der Waals surface area contributed by atoms with Gasteiger partial charge in [-0.2, -0.15) is 0 Å². The average Bonchev–Trinajstić information content (AvgIpc) is 2.93. The lowest BCUT2D eigenvalue weighted by molar-refractivity contribution is -0.147. The number of halogens is 1. The highest BCUT2D eigenvalue weighted by Crippen LogP contribution is 2.30. The van der Waals surface area contributed by atoms with Crippen LogP contribution in [0.3, 0.4) is 0 Å². The van der Waals surface area contributed by atoms with E-state index < -0.39 is 0 Å². The van der Waals surface area contributed by atoms with Crippen molar-refractivity contribution in [2.45, 2.75) is 39.7 Å². The van der Waals surface area contributed by atoms with Gasteiger partial charge in [0.2, 0.25) is 0 Å². The van der Waals surface area contributed by atoms with E-state index in [-0.39, 0.29) is 30.2 Å². The number of carbonyl (C=O) groups excluding carboxylic acids is 2. The third-order valence-electron chi connectivity index (χ3n) is 4.84. The first kappa shape index (κ1) is 20.1. The number of esters is 1. The number of nitrogens with zero attached hydrogens (tertiary/aromatic N) is 1. The van der Waals surface area contributed by atoms with Gasteiger partial charge in [0, 0.05) is 21.1 Å². The van der Waals surface area contributed by atoms with Gasteiger partial charge in [0.25, 0.3) is 5.91 Å². The lowest BCUT2D eigenvalue weighted by Gasteiger charge is -2.11. The van der Waals surface area contributed by atoms with Crippen LogP contribution in [0.15, 0.2) is 46.9 Å². The van der Waals surface area contributed by atoms with E-state index in [2.05, 4.69) is 15.9 Å². The molecule has 0 radical (unpaired) electrons. The molecule has 28 heavy (non-hydrogen) atoms. The first-order valence-corrected chi connectivity index (χ1v) is 9.93. The fraction of sp³-hybridized carbons (Fsp3) is 0.273. The number of phenolic OH excluding ortho intramolecular Hbond substituents is 1. The lowest BCUT2D eigenvalue weighted by atomic mass is 10.1. The van der Waals surface area contributed by atoms with Gasteiger partial charge in [-0.05, 0) is 68.3 Å². The topological polar surface area (TPSA) is 68.5 Å². The van der Waals surface area contributed by atoms with Crippen LogP contribution in [-0.2, 0) is 16.0 Å². The van der Waals surface area contributed by atoms with Gasteiger partial charge in [-0.25, -0.2) is 0 Å². The molecule has 0 saturated carbocycles. The van der Waals surface area contributed by atoms with Crippen molar-refractivity contribution >= 4 is 38.7 Å². The second kappa shape index (κ2) is 8.19. The Morgan fingerprint density at radius 3 is 2.50 bits per heavy atom. The standard InChI is InChI=1S/C22H22BrNO4/c1-4-13(2)28-21(26)12-18-14(3)24(20-10-9-17(25)11-19(18)20)22(27)15-5-7-16(23)8-6-15/h5-11,13,25H,4,12H2,1-3H3/t13-/m1/s1. The number of hydrogen-bond donors (Lipinski definition) is 1. The second-order valence-corrected chi connectivity index (χ2v) is 7.71. The molecule has 5 nitrogen and oxygen atoms in total. The Balaban J connectivity index is 2.08. The fourth-order valence-electron chi connectivity index (χ4n) is 3.17. The van der Waals surface area contributed by atoms with Gasteiger partial charge in [-0.1, -0.05) is 22.9 Å². The molecule has 1 aromatic heterocycles. The molecule has 2 aromatic carbocycles. The third-order valence-corrected chi connectivity index (χ3v) is 5.37. The van der Waals surface area contributed by atoms with Crippen LogP contribution in [0.2, 0.25) is 0 Å². The fourth-order valence-corrected chi connectivity index (χ4v) is 3.44. The minimum atomic E-state index is -0.351. The largest absolute Gasteiger partial charge is 0.508 e. The molecular weight excluding hydrogens is 422 g/mol. The summed E-state index contributed by atoms with van der Waals surface area (Å²) in [7, 11) is 0. The van der Waals surface area contributed by atoms with Gasteiger partial charge in [0.15, 0.2) is 0 Å². The minimum absolute atomic E-state index is 0.0384. The van der Waals surface area contributed by atoms with Gasteiger partial charge in [0.1, 0.15) is 5.75 Å². The number of ether oxygens (including phenoxy) is 1. The molecule has 0 spiro atoms. The molecule has 0 aliphatic carbocycles. The normalized spacial score (nSPS) is 12.1. The highest BCUT2D eigenvalue weighted by atomic mass is 79.9. The summed E-state index contributed by atoms with van der Waals surface area (Å²) in [5.74, 6) is -0.463. The molecule has 1 N–H and O–H groups in total. The Morgan fingerprint density at radius 1 is 1.18 bits per heavy atom. The predicted octanol–water partition coefficient (Wildman–Crippen LogP) is 4.99. The van der Waals surface area contributed by atoms with Crippen LogP contribution < -0.4 is 0 Å². The first-order valence-electron chi connectivity index (χ1n) is 9.14. The van der Waals surface area contributed by atoms with E-state index in [4.69, 9.17) is 4.74 Å². The predicted molar refractivity (Wildman–Crippen MR) is 112 cm³/mol. The number of benzene rings is 2. The van der Waals surface area contributed by atoms with Crippen molar-refractivity contribution in [2.75, 3.05) is 0 Å². The maximum absolute atomic E-state index is 13.2. The molecule has 0 aliphatic heterocycles. The number of aromatic hydroxyl groups is 1. The van der Waals surface area contributed by atoms with E-state index in [0.717, 1.165) is 10.9 Å². The van der Waals surface area contributed by atoms with E-state index in [9.17, 15) is 14.7 Å². The zero-order valence-corrected chi connectivity index (χ0v) is 17.6. The summed E-state index contributed by atoms with van der Waals surface area (Å²) in [5, 5.41) is 10.6. The van der Waals surface area contributed by atoms with E-state index in [1.165, 1.54) is 6.07 Å². The maximum atomic E-state index is 13.2. The van der Waals surface area contributed by atoms with Gasteiger partial charge in [0.05, 0.1) is 18.0 Å². The van der Waals surface area contributed by atoms with Crippen molar-refractivity contribution in [3.8, 4) is 5.75 Å². The number of rotatable bonds is 5. The number of fused-ring (bicyclic) bond motifs is 1. The van der Waals surface area contributed by atoms with Crippen LogP contribution in [0, 0.1) is 6.92 Å². The van der Waals surface area contributed by atoms with Gasteiger partial charge in [-0.3, -0.25) is 14.2 Å². The van der Waals surface area contributed by atoms with E-state index in [1.54, 1.807) is 35.8 Å². The zero-order chi connectivity index (χ0) is 20.4. The smallest absolute Gasteiger partial charge is 0.310 e. The van der Waals surface area contributed by atoms with E-state index >= 15 is 0 Å². The molecule has 1 atom stereocenters. The number of phenols is 1. The Morgan fingerprint density at radius 2 is 1.86 bits per heavy atom. The van der Waals surface area contributed by atoms with E-state index in [1.807, 2.05) is 26.0 Å². The summed E-state index contributed by atoms with van der Waals surface area (Å²) in [6.07, 6.45) is 0.602. The van der Waals surface area contributed by atoms with Crippen LogP contribution >= 0.6 is 15.9 Å². The molecule has 0 amide bonds. The van der Waals surface area contributed by atoms with Crippen LogP contribution in [0.4, 0.5) is 0 Å². The Hall–Kier alpha value is -2.60. The number of carbonyl (C=O) groups is 2. The van der Waals surface area contributed by atoms with Crippen molar-refractivity contribution in [1.29, 1.82) is 0 Å². The average molecular weight is 444 g/mol. The van der Waals surface area contributed by atoms with Crippen LogP contribution in [0.1, 0.15) is 41.9 Å². The molecule has 1 heterocycles. The van der Waals surface area contributed by atoms with Crippen LogP contribution in [-0.4, -0.2) is 27.7 Å². The molecule has 0 aliphatic rings. The number of hydrogen-bond acceptors (Lipinski definition) is 4. The summed E-state index contributed by atoms with van der Waals surface area (Å²) in [5.41, 5.74) is 2.53. The second-order valence-electron chi connectivity index (χ2n) is 6.80. The summed E-state index contributed by atoms with van der Waals surface area (Å²) >= 11 is 3.37. The molecule has 3 rings (SSSR count). The quantitative estimate of drug-likeness (QED) is 0.563. The Labute approximate surface area is 172 Å². The monoisotopic (exact) mass is 443 g/mol. The van der Waals surface area contributed by atoms with Gasteiger partial charge >= 0.3 is 5.97 Å². The van der Waals surface area contributed by atoms with Crippen LogP contribution in [0.25, 0.3) is 10.9 Å². The molecule has 0 fully saturated rings. The summed E-state index contributed by atoms with van der Waals surface area (Å²) in [4.78, 5) is 25.5. The number of aromatic nitrogens is 1. The molecule has 0 saturated heterocycles. The van der Waals surface area contributed by atoms with Gasteiger partial charge < -0.3 is 9.84 Å². The van der Waals surface area contributed by atoms with Crippen molar-refractivity contribution in [3.63, 3.8) is 0 Å². The van der Waals surface area contributed by atoms with Crippen molar-refractivity contribution in [3.05, 3.63) is 63.8 Å². The summed E-state index contributed by atoms with van der Waals surface area (Å²) < 4.78 is 7.88. The Kier molecular flexibility index (Phi) is 5.89. The molecule has 3 aromatic rings. The van der Waals surface area contributed by atoms with Gasteiger partial charge in [-0.15, -0.1) is 0 Å². The molecular formula is C22H22BrNO4. The molecule has 0 bridgehead atoms. The molecule has 146 valence electrons. The third kappa shape index (κ3) is 3.97. The lowest BCUT2D eigenvalue weighted by Crippen LogP contribution is -2.17. The summed E-state index contributed by atoms with van der Waals surface area (Å²) in [6.45, 7) is 5.60. The summed E-state index contributed by atoms with van der Waals surface area (Å²) in [6, 6.07) is 11.9. The highest BCUT2D eigenvalue weighted by molar-refractivity contribution is 9.10. The minimum Gasteiger partial charge on any atom is -0.508 e. The zero-order valence-electron chi connectivity index (χ0n) is 16.0. The van der Waals surface area contributed by atoms with E-state index in [0.29, 0.717) is 27.7 Å². The van der Waals surface area contributed by atoms with Crippen molar-refractivity contribution in [2.24, 2.45) is 0 Å². The Bertz CT molecular complexity index is 1040. The van der Waals surface area contributed by atoms with Crippen molar-refractivity contribution in [1.82, 2.24) is 4.57 Å².